The van der Waals surface area contributed by atoms with Crippen molar-refractivity contribution in [3.63, 3.8) is 0 Å². The van der Waals surface area contributed by atoms with Crippen molar-refractivity contribution >= 4 is 29.6 Å². The Morgan fingerprint density at radius 3 is 2.05 bits per heavy atom. The van der Waals surface area contributed by atoms with Crippen molar-refractivity contribution < 1.29 is 33.6 Å². The standard InChI is InChI=1S/C8H3NO5.C4H6O3/c10-7-5-2-1-4(9(12)13)3-6(5)8(11)14-7;1-3(5)7-4(2)6/h1-3H;1-2H3. The number of non-ortho nitro benzene ring substituents is 1. The van der Waals surface area contributed by atoms with E-state index in [1.54, 1.807) is 0 Å². The van der Waals surface area contributed by atoms with Crippen LogP contribution < -0.4 is 0 Å². The van der Waals surface area contributed by atoms with Crippen molar-refractivity contribution in [2.75, 3.05) is 0 Å². The van der Waals surface area contributed by atoms with Gasteiger partial charge in [0.05, 0.1) is 16.1 Å². The molecule has 1 aliphatic heterocycles. The predicted molar refractivity (Wildman–Crippen MR) is 65.3 cm³/mol. The van der Waals surface area contributed by atoms with Gasteiger partial charge < -0.3 is 9.47 Å². The van der Waals surface area contributed by atoms with Gasteiger partial charge in [0.15, 0.2) is 0 Å². The largest absolute Gasteiger partial charge is 0.394 e. The van der Waals surface area contributed by atoms with Crippen LogP contribution in [0.15, 0.2) is 18.2 Å². The van der Waals surface area contributed by atoms with E-state index in [0.29, 0.717) is 0 Å². The van der Waals surface area contributed by atoms with Gasteiger partial charge in [-0.2, -0.15) is 0 Å². The maximum Gasteiger partial charge on any atom is 0.347 e. The van der Waals surface area contributed by atoms with Gasteiger partial charge in [0.25, 0.3) is 5.69 Å². The molecule has 0 unspecified atom stereocenters. The highest BCUT2D eigenvalue weighted by Crippen LogP contribution is 2.24. The molecular formula is C12H9NO8. The molecule has 1 heterocycles. The maximum absolute atomic E-state index is 11.0. The molecule has 0 aromatic heterocycles. The number of fused-ring (bicyclic) bond motifs is 1. The van der Waals surface area contributed by atoms with Gasteiger partial charge in [-0.15, -0.1) is 0 Å². The van der Waals surface area contributed by atoms with E-state index in [4.69, 9.17) is 0 Å². The van der Waals surface area contributed by atoms with Gasteiger partial charge in [-0.1, -0.05) is 0 Å². The minimum atomic E-state index is -0.839. The number of carbonyl (C=O) groups is 4. The Morgan fingerprint density at radius 2 is 1.62 bits per heavy atom. The fourth-order valence-electron chi connectivity index (χ4n) is 1.39. The number of nitro benzene ring substituents is 1. The zero-order valence-corrected chi connectivity index (χ0v) is 10.9. The van der Waals surface area contributed by atoms with Crippen LogP contribution in [0.4, 0.5) is 5.69 Å². The number of nitro groups is 1. The molecule has 110 valence electrons. The summed E-state index contributed by atoms with van der Waals surface area (Å²) in [5.74, 6) is -2.73. The van der Waals surface area contributed by atoms with Crippen LogP contribution in [0.1, 0.15) is 34.6 Å². The molecular weight excluding hydrogens is 286 g/mol. The number of esters is 4. The van der Waals surface area contributed by atoms with E-state index in [2.05, 4.69) is 9.47 Å². The molecule has 0 aliphatic carbocycles. The molecule has 0 fully saturated rings. The Bertz CT molecular complexity index is 637. The van der Waals surface area contributed by atoms with Crippen LogP contribution in [0, 0.1) is 10.1 Å². The normalized spacial score (nSPS) is 11.7. The molecule has 21 heavy (non-hydrogen) atoms. The number of carbonyl (C=O) groups excluding carboxylic acids is 4. The first-order chi connectivity index (χ1) is 9.72. The van der Waals surface area contributed by atoms with Crippen molar-refractivity contribution in [3.05, 3.63) is 39.4 Å². The first kappa shape index (κ1) is 16.0. The fraction of sp³-hybridized carbons (Fsp3) is 0.167. The second kappa shape index (κ2) is 6.37. The van der Waals surface area contributed by atoms with Crippen molar-refractivity contribution in [2.45, 2.75) is 13.8 Å². The summed E-state index contributed by atoms with van der Waals surface area (Å²) in [6.45, 7) is 2.36. The topological polar surface area (TPSA) is 130 Å². The molecule has 1 aromatic rings. The first-order valence-corrected chi connectivity index (χ1v) is 5.46. The minimum Gasteiger partial charge on any atom is -0.394 e. The van der Waals surface area contributed by atoms with Crippen molar-refractivity contribution in [2.24, 2.45) is 0 Å². The third-order valence-electron chi connectivity index (χ3n) is 2.13. The average Bonchev–Trinajstić information content (AvgIpc) is 2.63. The molecule has 0 saturated carbocycles. The Kier molecular flexibility index (Phi) is 4.84. The Labute approximate surface area is 117 Å². The van der Waals surface area contributed by atoms with E-state index >= 15 is 0 Å². The lowest BCUT2D eigenvalue weighted by Crippen LogP contribution is -2.03. The lowest BCUT2D eigenvalue weighted by Gasteiger charge is -1.92. The van der Waals surface area contributed by atoms with E-state index in [1.807, 2.05) is 0 Å². The summed E-state index contributed by atoms with van der Waals surface area (Å²) in [6.07, 6.45) is 0. The number of nitrogens with zero attached hydrogens (tertiary/aromatic N) is 1. The number of benzene rings is 1. The maximum atomic E-state index is 11.0. The molecule has 1 aromatic carbocycles. The smallest absolute Gasteiger partial charge is 0.347 e. The summed E-state index contributed by atoms with van der Waals surface area (Å²) >= 11 is 0. The van der Waals surface area contributed by atoms with E-state index in [1.165, 1.54) is 19.9 Å². The Morgan fingerprint density at radius 1 is 1.10 bits per heavy atom. The summed E-state index contributed by atoms with van der Waals surface area (Å²) in [7, 11) is 0. The van der Waals surface area contributed by atoms with E-state index in [-0.39, 0.29) is 16.8 Å². The van der Waals surface area contributed by atoms with Crippen LogP contribution >= 0.6 is 0 Å². The molecule has 0 amide bonds. The third-order valence-corrected chi connectivity index (χ3v) is 2.13. The van der Waals surface area contributed by atoms with Crippen LogP contribution in [0.5, 0.6) is 0 Å². The highest BCUT2D eigenvalue weighted by atomic mass is 16.6. The quantitative estimate of drug-likeness (QED) is 0.324. The molecule has 0 spiro atoms. The monoisotopic (exact) mass is 295 g/mol. The second-order valence-corrected chi connectivity index (χ2v) is 3.75. The van der Waals surface area contributed by atoms with Gasteiger partial charge in [0.1, 0.15) is 0 Å². The molecule has 2 rings (SSSR count). The molecule has 9 heteroatoms. The number of hydrogen-bond donors (Lipinski definition) is 0. The van der Waals surface area contributed by atoms with Gasteiger partial charge in [-0.05, 0) is 6.07 Å². The number of hydrogen-bond acceptors (Lipinski definition) is 8. The van der Waals surface area contributed by atoms with Crippen molar-refractivity contribution in [1.82, 2.24) is 0 Å². The van der Waals surface area contributed by atoms with Crippen molar-refractivity contribution in [1.29, 1.82) is 0 Å². The molecule has 0 N–H and O–H groups in total. The summed E-state index contributed by atoms with van der Waals surface area (Å²) in [6, 6.07) is 3.39. The summed E-state index contributed by atoms with van der Waals surface area (Å²) in [5, 5.41) is 10.4. The molecule has 1 aliphatic rings. The number of rotatable bonds is 1. The van der Waals surface area contributed by atoms with Crippen LogP contribution in [-0.2, 0) is 19.1 Å². The van der Waals surface area contributed by atoms with Crippen LogP contribution in [0.3, 0.4) is 0 Å². The number of ether oxygens (including phenoxy) is 2. The summed E-state index contributed by atoms with van der Waals surface area (Å²) < 4.78 is 8.24. The number of cyclic esters (lactones) is 2. The SMILES string of the molecule is CC(=O)OC(C)=O.O=C1OC(=O)c2cc([N+](=O)[O-])ccc21. The zero-order valence-electron chi connectivity index (χ0n) is 10.9. The van der Waals surface area contributed by atoms with E-state index < -0.39 is 28.8 Å². The van der Waals surface area contributed by atoms with Gasteiger partial charge in [-0.3, -0.25) is 19.7 Å². The summed E-state index contributed by atoms with van der Waals surface area (Å²) in [4.78, 5) is 51.3. The summed E-state index contributed by atoms with van der Waals surface area (Å²) in [5.41, 5.74) is -0.222. The molecule has 9 nitrogen and oxygen atoms in total. The van der Waals surface area contributed by atoms with Gasteiger partial charge in [0.2, 0.25) is 0 Å². The molecule has 0 bridgehead atoms. The van der Waals surface area contributed by atoms with Crippen LogP contribution in [0.2, 0.25) is 0 Å². The Hall–Kier alpha value is -3.10. The lowest BCUT2D eigenvalue weighted by atomic mass is 10.1. The average molecular weight is 295 g/mol. The lowest BCUT2D eigenvalue weighted by molar-refractivity contribution is -0.384. The van der Waals surface area contributed by atoms with E-state index in [0.717, 1.165) is 12.1 Å². The van der Waals surface area contributed by atoms with Gasteiger partial charge >= 0.3 is 23.9 Å². The predicted octanol–water partition coefficient (Wildman–Crippen LogP) is 1.00. The molecule has 0 saturated heterocycles. The molecule has 0 radical (unpaired) electrons. The first-order valence-electron chi connectivity index (χ1n) is 5.46. The third kappa shape index (κ3) is 4.20. The van der Waals surface area contributed by atoms with Crippen LogP contribution in [0.25, 0.3) is 0 Å². The van der Waals surface area contributed by atoms with Gasteiger partial charge in [0, 0.05) is 26.0 Å². The zero-order chi connectivity index (χ0) is 16.2. The Balaban J connectivity index is 0.000000270. The highest BCUT2D eigenvalue weighted by molar-refractivity contribution is 6.14. The van der Waals surface area contributed by atoms with E-state index in [9.17, 15) is 29.3 Å². The second-order valence-electron chi connectivity index (χ2n) is 3.75. The minimum absolute atomic E-state index is 0.0517. The van der Waals surface area contributed by atoms with Gasteiger partial charge in [-0.25, -0.2) is 9.59 Å². The highest BCUT2D eigenvalue weighted by Gasteiger charge is 2.31. The van der Waals surface area contributed by atoms with Crippen LogP contribution in [-0.4, -0.2) is 28.8 Å². The fourth-order valence-corrected chi connectivity index (χ4v) is 1.39. The van der Waals surface area contributed by atoms with Crippen molar-refractivity contribution in [3.8, 4) is 0 Å². The molecule has 0 atom stereocenters.